The molecular weight excluding hydrogens is 290 g/mol. The molecule has 0 spiro atoms. The lowest BCUT2D eigenvalue weighted by molar-refractivity contribution is 0.169. The molecule has 3 rings (SSSR count). The van der Waals surface area contributed by atoms with Crippen LogP contribution in [0.4, 0.5) is 4.79 Å². The lowest BCUT2D eigenvalue weighted by Gasteiger charge is -2.32. The average molecular weight is 319 g/mol. The summed E-state index contributed by atoms with van der Waals surface area (Å²) in [5.41, 5.74) is 2.15. The van der Waals surface area contributed by atoms with Gasteiger partial charge in [-0.3, -0.25) is 0 Å². The van der Waals surface area contributed by atoms with Gasteiger partial charge < -0.3 is 14.7 Å². The molecule has 128 valence electrons. The minimum Gasteiger partial charge on any atom is -0.361 e. The molecule has 1 aromatic heterocycles. The number of urea groups is 1. The number of carbonyl (C=O) groups excluding carboxylic acids is 1. The number of likely N-dealkylation sites (tertiary alicyclic amines) is 1. The minimum absolute atomic E-state index is 0.130. The molecule has 1 N–H and O–H groups in total. The molecule has 5 nitrogen and oxygen atoms in total. The topological polar surface area (TPSA) is 58.4 Å². The molecule has 1 aromatic rings. The number of aromatic nitrogens is 1. The zero-order chi connectivity index (χ0) is 16.4. The molecule has 1 aliphatic carbocycles. The second kappa shape index (κ2) is 6.93. The highest BCUT2D eigenvalue weighted by atomic mass is 16.5. The number of hydrogen-bond acceptors (Lipinski definition) is 3. The van der Waals surface area contributed by atoms with Gasteiger partial charge in [0.15, 0.2) is 0 Å². The summed E-state index contributed by atoms with van der Waals surface area (Å²) in [6.07, 6.45) is 6.90. The fourth-order valence-corrected chi connectivity index (χ4v) is 4.43. The van der Waals surface area contributed by atoms with Crippen LogP contribution in [0.3, 0.4) is 0 Å². The third kappa shape index (κ3) is 3.38. The molecule has 0 radical (unpaired) electrons. The van der Waals surface area contributed by atoms with Gasteiger partial charge in [0.05, 0.1) is 5.69 Å². The lowest BCUT2D eigenvalue weighted by atomic mass is 9.80. The van der Waals surface area contributed by atoms with Crippen LogP contribution < -0.4 is 5.32 Å². The Labute approximate surface area is 138 Å². The van der Waals surface area contributed by atoms with E-state index in [0.29, 0.717) is 18.5 Å². The van der Waals surface area contributed by atoms with Crippen molar-refractivity contribution in [1.82, 2.24) is 15.4 Å². The van der Waals surface area contributed by atoms with Crippen molar-refractivity contribution < 1.29 is 9.32 Å². The van der Waals surface area contributed by atoms with Crippen LogP contribution in [0.15, 0.2) is 4.52 Å². The first-order chi connectivity index (χ1) is 11.1. The zero-order valence-corrected chi connectivity index (χ0v) is 14.6. The van der Waals surface area contributed by atoms with Gasteiger partial charge in [-0.05, 0) is 51.4 Å². The lowest BCUT2D eigenvalue weighted by Crippen LogP contribution is -2.45. The Kier molecular flexibility index (Phi) is 4.93. The zero-order valence-electron chi connectivity index (χ0n) is 14.6. The van der Waals surface area contributed by atoms with Gasteiger partial charge in [0.2, 0.25) is 0 Å². The largest absolute Gasteiger partial charge is 0.361 e. The summed E-state index contributed by atoms with van der Waals surface area (Å²) < 4.78 is 5.18. The van der Waals surface area contributed by atoms with Crippen LogP contribution in [0.25, 0.3) is 0 Å². The minimum atomic E-state index is 0.130. The number of fused-ring (bicyclic) bond motifs is 1. The van der Waals surface area contributed by atoms with Crippen LogP contribution in [0, 0.1) is 25.7 Å². The maximum atomic E-state index is 12.5. The molecule has 3 atom stereocenters. The Bertz CT molecular complexity index is 535. The van der Waals surface area contributed by atoms with Crippen molar-refractivity contribution in [3.63, 3.8) is 0 Å². The monoisotopic (exact) mass is 319 g/mol. The van der Waals surface area contributed by atoms with Crippen molar-refractivity contribution in [2.45, 2.75) is 65.3 Å². The Balaban J connectivity index is 1.46. The standard InChI is InChI=1S/C18H29N3O2/c1-12-11-21(17-9-5-4-7-15(12)17)18(22)19-10-6-8-16-13(2)20-23-14(16)3/h12,15,17H,4-11H2,1-3H3,(H,19,22). The number of nitrogens with one attached hydrogen (secondary N) is 1. The molecule has 2 aliphatic rings. The highest BCUT2D eigenvalue weighted by molar-refractivity contribution is 5.75. The first-order valence-corrected chi connectivity index (χ1v) is 9.04. The first-order valence-electron chi connectivity index (χ1n) is 9.04. The highest BCUT2D eigenvalue weighted by Gasteiger charge is 2.42. The summed E-state index contributed by atoms with van der Waals surface area (Å²) in [4.78, 5) is 14.6. The van der Waals surface area contributed by atoms with Gasteiger partial charge >= 0.3 is 6.03 Å². The predicted octanol–water partition coefficient (Wildman–Crippen LogP) is 3.44. The molecule has 2 heterocycles. The van der Waals surface area contributed by atoms with Crippen LogP contribution in [-0.4, -0.2) is 35.2 Å². The van der Waals surface area contributed by atoms with E-state index in [2.05, 4.69) is 22.3 Å². The van der Waals surface area contributed by atoms with Crippen molar-refractivity contribution in [3.8, 4) is 0 Å². The summed E-state index contributed by atoms with van der Waals surface area (Å²) in [6.45, 7) is 7.85. The summed E-state index contributed by atoms with van der Waals surface area (Å²) >= 11 is 0. The second-order valence-electron chi connectivity index (χ2n) is 7.28. The maximum Gasteiger partial charge on any atom is 0.317 e. The first kappa shape index (κ1) is 16.3. The third-order valence-electron chi connectivity index (χ3n) is 5.72. The van der Waals surface area contributed by atoms with Crippen molar-refractivity contribution in [2.24, 2.45) is 11.8 Å². The predicted molar refractivity (Wildman–Crippen MR) is 89.3 cm³/mol. The molecule has 5 heteroatoms. The van der Waals surface area contributed by atoms with Gasteiger partial charge in [-0.15, -0.1) is 0 Å². The number of carbonyl (C=O) groups is 1. The van der Waals surface area contributed by atoms with E-state index in [1.807, 2.05) is 13.8 Å². The second-order valence-corrected chi connectivity index (χ2v) is 7.28. The van der Waals surface area contributed by atoms with E-state index in [4.69, 9.17) is 4.52 Å². The van der Waals surface area contributed by atoms with Crippen LogP contribution in [-0.2, 0) is 6.42 Å². The molecule has 0 aromatic carbocycles. The smallest absolute Gasteiger partial charge is 0.317 e. The van der Waals surface area contributed by atoms with E-state index < -0.39 is 0 Å². The summed E-state index contributed by atoms with van der Waals surface area (Å²) in [5, 5.41) is 7.09. The summed E-state index contributed by atoms with van der Waals surface area (Å²) in [6, 6.07) is 0.603. The number of amides is 2. The molecule has 2 fully saturated rings. The van der Waals surface area contributed by atoms with Crippen LogP contribution in [0.5, 0.6) is 0 Å². The average Bonchev–Trinajstić information content (AvgIpc) is 3.05. The fraction of sp³-hybridized carbons (Fsp3) is 0.778. The van der Waals surface area contributed by atoms with Gasteiger partial charge in [0.25, 0.3) is 0 Å². The van der Waals surface area contributed by atoms with Gasteiger partial charge in [0.1, 0.15) is 5.76 Å². The Morgan fingerprint density at radius 3 is 2.87 bits per heavy atom. The molecule has 23 heavy (non-hydrogen) atoms. The van der Waals surface area contributed by atoms with E-state index in [1.54, 1.807) is 0 Å². The van der Waals surface area contributed by atoms with Crippen molar-refractivity contribution in [1.29, 1.82) is 0 Å². The molecule has 2 amide bonds. The van der Waals surface area contributed by atoms with Crippen molar-refractivity contribution in [3.05, 3.63) is 17.0 Å². The third-order valence-corrected chi connectivity index (χ3v) is 5.72. The van der Waals surface area contributed by atoms with E-state index in [1.165, 1.54) is 31.2 Å². The van der Waals surface area contributed by atoms with E-state index in [9.17, 15) is 4.79 Å². The highest BCUT2D eigenvalue weighted by Crippen LogP contribution is 2.39. The van der Waals surface area contributed by atoms with Gasteiger partial charge in [-0.2, -0.15) is 0 Å². The molecular formula is C18H29N3O2. The summed E-state index contributed by atoms with van der Waals surface area (Å²) in [5.74, 6) is 2.26. The summed E-state index contributed by atoms with van der Waals surface area (Å²) in [7, 11) is 0. The molecule has 3 unspecified atom stereocenters. The maximum absolute atomic E-state index is 12.5. The van der Waals surface area contributed by atoms with E-state index in [0.717, 1.165) is 36.8 Å². The molecule has 1 aliphatic heterocycles. The SMILES string of the molecule is Cc1noc(C)c1CCCNC(=O)N1CC(C)C2CCCCC21. The van der Waals surface area contributed by atoms with E-state index >= 15 is 0 Å². The molecule has 0 bridgehead atoms. The number of rotatable bonds is 4. The molecule has 1 saturated carbocycles. The van der Waals surface area contributed by atoms with Crippen LogP contribution >= 0.6 is 0 Å². The number of hydrogen-bond donors (Lipinski definition) is 1. The molecule has 1 saturated heterocycles. The number of nitrogens with zero attached hydrogens (tertiary/aromatic N) is 2. The van der Waals surface area contributed by atoms with Gasteiger partial charge in [-0.25, -0.2) is 4.79 Å². The quantitative estimate of drug-likeness (QED) is 0.865. The van der Waals surface area contributed by atoms with Crippen molar-refractivity contribution >= 4 is 6.03 Å². The Morgan fingerprint density at radius 1 is 1.35 bits per heavy atom. The van der Waals surface area contributed by atoms with Crippen LogP contribution in [0.2, 0.25) is 0 Å². The Hall–Kier alpha value is -1.52. The normalized spacial score (nSPS) is 27.1. The van der Waals surface area contributed by atoms with Gasteiger partial charge in [-0.1, -0.05) is 24.9 Å². The van der Waals surface area contributed by atoms with Crippen LogP contribution in [0.1, 0.15) is 56.0 Å². The number of aryl methyl sites for hydroxylation is 2. The van der Waals surface area contributed by atoms with E-state index in [-0.39, 0.29) is 6.03 Å². The van der Waals surface area contributed by atoms with Gasteiger partial charge in [0, 0.05) is 24.7 Å². The van der Waals surface area contributed by atoms with Crippen molar-refractivity contribution in [2.75, 3.05) is 13.1 Å². The fourth-order valence-electron chi connectivity index (χ4n) is 4.43. The Morgan fingerprint density at radius 2 is 2.13 bits per heavy atom.